The van der Waals surface area contributed by atoms with Crippen LogP contribution in [0.2, 0.25) is 0 Å². The molecule has 0 amide bonds. The first-order chi connectivity index (χ1) is 6.63. The Morgan fingerprint density at radius 1 is 1.50 bits per heavy atom. The Morgan fingerprint density at radius 2 is 2.21 bits per heavy atom. The van der Waals surface area contributed by atoms with Crippen LogP contribution in [0.15, 0.2) is 6.20 Å². The van der Waals surface area contributed by atoms with Crippen LogP contribution >= 0.6 is 0 Å². The zero-order valence-electron chi connectivity index (χ0n) is 9.45. The molecule has 1 aromatic heterocycles. The second-order valence-corrected chi connectivity index (χ2v) is 4.26. The van der Waals surface area contributed by atoms with E-state index in [1.165, 1.54) is 11.3 Å². The van der Waals surface area contributed by atoms with Crippen molar-refractivity contribution in [3.8, 4) is 0 Å². The molecule has 80 valence electrons. The Balaban J connectivity index is 2.69. The van der Waals surface area contributed by atoms with E-state index < -0.39 is 0 Å². The van der Waals surface area contributed by atoms with E-state index in [0.717, 1.165) is 25.8 Å². The molecule has 0 radical (unpaired) electrons. The number of aryl methyl sites for hydroxylation is 2. The first-order valence-corrected chi connectivity index (χ1v) is 5.35. The number of hydrogen-bond acceptors (Lipinski definition) is 2. The second kappa shape index (κ2) is 5.15. The molecule has 3 heteroatoms. The van der Waals surface area contributed by atoms with Crippen molar-refractivity contribution < 1.29 is 0 Å². The van der Waals surface area contributed by atoms with Gasteiger partial charge in [-0.1, -0.05) is 13.8 Å². The number of aromatic nitrogens is 2. The van der Waals surface area contributed by atoms with Crippen LogP contribution in [0.5, 0.6) is 0 Å². The van der Waals surface area contributed by atoms with Crippen molar-refractivity contribution >= 4 is 0 Å². The fraction of sp³-hybridized carbons (Fsp3) is 0.727. The molecule has 2 N–H and O–H groups in total. The van der Waals surface area contributed by atoms with E-state index in [1.54, 1.807) is 0 Å². The molecule has 0 saturated carbocycles. The maximum atomic E-state index is 5.50. The molecule has 0 aliphatic heterocycles. The molecule has 1 rings (SSSR count). The molecule has 0 saturated heterocycles. The van der Waals surface area contributed by atoms with E-state index in [9.17, 15) is 0 Å². The molecular formula is C11H21N3. The van der Waals surface area contributed by atoms with Crippen molar-refractivity contribution in [2.24, 2.45) is 18.7 Å². The number of hydrogen-bond donors (Lipinski definition) is 1. The SMILES string of the molecule is CC(C)Cc1cn(C)nc1CCCN. The topological polar surface area (TPSA) is 43.8 Å². The van der Waals surface area contributed by atoms with E-state index in [-0.39, 0.29) is 0 Å². The molecule has 0 aromatic carbocycles. The Morgan fingerprint density at radius 3 is 2.79 bits per heavy atom. The average molecular weight is 195 g/mol. The largest absolute Gasteiger partial charge is 0.330 e. The summed E-state index contributed by atoms with van der Waals surface area (Å²) in [4.78, 5) is 0. The third-order valence-electron chi connectivity index (χ3n) is 2.24. The molecule has 1 heterocycles. The Kier molecular flexibility index (Phi) is 4.14. The van der Waals surface area contributed by atoms with E-state index in [0.29, 0.717) is 5.92 Å². The van der Waals surface area contributed by atoms with E-state index in [4.69, 9.17) is 5.73 Å². The zero-order valence-corrected chi connectivity index (χ0v) is 9.45. The standard InChI is InChI=1S/C11H21N3/c1-9(2)7-10-8-14(3)13-11(10)5-4-6-12/h8-9H,4-7,12H2,1-3H3. The molecule has 0 fully saturated rings. The summed E-state index contributed by atoms with van der Waals surface area (Å²) in [5.74, 6) is 0.691. The van der Waals surface area contributed by atoms with Gasteiger partial charge in [-0.05, 0) is 37.3 Å². The van der Waals surface area contributed by atoms with Gasteiger partial charge in [-0.25, -0.2) is 0 Å². The smallest absolute Gasteiger partial charge is 0.0657 e. The fourth-order valence-corrected chi connectivity index (χ4v) is 1.67. The van der Waals surface area contributed by atoms with Crippen LogP contribution in [0.3, 0.4) is 0 Å². The van der Waals surface area contributed by atoms with Gasteiger partial charge in [0, 0.05) is 13.2 Å². The Hall–Kier alpha value is -0.830. The monoisotopic (exact) mass is 195 g/mol. The number of rotatable bonds is 5. The van der Waals surface area contributed by atoms with Gasteiger partial charge in [0.1, 0.15) is 0 Å². The predicted molar refractivity (Wildman–Crippen MR) is 59.1 cm³/mol. The van der Waals surface area contributed by atoms with Crippen molar-refractivity contribution in [1.82, 2.24) is 9.78 Å². The van der Waals surface area contributed by atoms with Crippen molar-refractivity contribution in [3.05, 3.63) is 17.5 Å². The van der Waals surface area contributed by atoms with Gasteiger partial charge < -0.3 is 5.73 Å². The molecule has 14 heavy (non-hydrogen) atoms. The van der Waals surface area contributed by atoms with Crippen LogP contribution in [-0.2, 0) is 19.9 Å². The molecule has 1 aromatic rings. The minimum atomic E-state index is 0.691. The molecule has 0 aliphatic carbocycles. The number of nitrogens with two attached hydrogens (primary N) is 1. The highest BCUT2D eigenvalue weighted by atomic mass is 15.2. The highest BCUT2D eigenvalue weighted by Crippen LogP contribution is 2.13. The summed E-state index contributed by atoms with van der Waals surface area (Å²) < 4.78 is 1.91. The Labute approximate surface area is 86.3 Å². The van der Waals surface area contributed by atoms with Crippen LogP contribution in [0.25, 0.3) is 0 Å². The maximum absolute atomic E-state index is 5.50. The summed E-state index contributed by atoms with van der Waals surface area (Å²) in [6.45, 7) is 5.22. The molecule has 0 spiro atoms. The van der Waals surface area contributed by atoms with Crippen molar-refractivity contribution in [1.29, 1.82) is 0 Å². The molecule has 3 nitrogen and oxygen atoms in total. The lowest BCUT2D eigenvalue weighted by atomic mass is 10.0. The molecule has 0 unspecified atom stereocenters. The van der Waals surface area contributed by atoms with E-state index in [2.05, 4.69) is 25.1 Å². The summed E-state index contributed by atoms with van der Waals surface area (Å²) in [5, 5.41) is 4.46. The van der Waals surface area contributed by atoms with Crippen LogP contribution in [-0.4, -0.2) is 16.3 Å². The fourth-order valence-electron chi connectivity index (χ4n) is 1.67. The summed E-state index contributed by atoms with van der Waals surface area (Å²) >= 11 is 0. The van der Waals surface area contributed by atoms with Gasteiger partial charge in [0.2, 0.25) is 0 Å². The maximum Gasteiger partial charge on any atom is 0.0657 e. The Bertz CT molecular complexity index is 276. The second-order valence-electron chi connectivity index (χ2n) is 4.26. The molecule has 0 aliphatic rings. The minimum Gasteiger partial charge on any atom is -0.330 e. The predicted octanol–water partition coefficient (Wildman–Crippen LogP) is 1.51. The van der Waals surface area contributed by atoms with Gasteiger partial charge in [-0.2, -0.15) is 5.10 Å². The lowest BCUT2D eigenvalue weighted by molar-refractivity contribution is 0.640. The van der Waals surface area contributed by atoms with Gasteiger partial charge >= 0.3 is 0 Å². The quantitative estimate of drug-likeness (QED) is 0.774. The lowest BCUT2D eigenvalue weighted by Gasteiger charge is -2.04. The van der Waals surface area contributed by atoms with Gasteiger partial charge in [-0.15, -0.1) is 0 Å². The summed E-state index contributed by atoms with van der Waals surface area (Å²) in [6.07, 6.45) is 5.29. The average Bonchev–Trinajstić information content (AvgIpc) is 2.41. The minimum absolute atomic E-state index is 0.691. The van der Waals surface area contributed by atoms with E-state index in [1.807, 2.05) is 11.7 Å². The van der Waals surface area contributed by atoms with Crippen LogP contribution in [0.1, 0.15) is 31.5 Å². The zero-order chi connectivity index (χ0) is 10.6. The summed E-state index contributed by atoms with van der Waals surface area (Å²) in [5.41, 5.74) is 8.11. The normalized spacial score (nSPS) is 11.2. The van der Waals surface area contributed by atoms with Gasteiger partial charge in [-0.3, -0.25) is 4.68 Å². The molecule has 0 atom stereocenters. The van der Waals surface area contributed by atoms with E-state index >= 15 is 0 Å². The van der Waals surface area contributed by atoms with Gasteiger partial charge in [0.05, 0.1) is 5.69 Å². The van der Waals surface area contributed by atoms with Crippen LogP contribution < -0.4 is 5.73 Å². The highest BCUT2D eigenvalue weighted by molar-refractivity contribution is 5.17. The van der Waals surface area contributed by atoms with Crippen molar-refractivity contribution in [2.75, 3.05) is 6.54 Å². The molecular weight excluding hydrogens is 174 g/mol. The van der Waals surface area contributed by atoms with Crippen LogP contribution in [0.4, 0.5) is 0 Å². The van der Waals surface area contributed by atoms with Gasteiger partial charge in [0.25, 0.3) is 0 Å². The van der Waals surface area contributed by atoms with Gasteiger partial charge in [0.15, 0.2) is 0 Å². The lowest BCUT2D eigenvalue weighted by Crippen LogP contribution is -2.03. The number of nitrogens with zero attached hydrogens (tertiary/aromatic N) is 2. The first-order valence-electron chi connectivity index (χ1n) is 5.35. The third-order valence-corrected chi connectivity index (χ3v) is 2.24. The van der Waals surface area contributed by atoms with Crippen LogP contribution in [0, 0.1) is 5.92 Å². The first kappa shape index (κ1) is 11.2. The highest BCUT2D eigenvalue weighted by Gasteiger charge is 2.08. The third kappa shape index (κ3) is 3.14. The van der Waals surface area contributed by atoms with Crippen molar-refractivity contribution in [2.45, 2.75) is 33.1 Å². The summed E-state index contributed by atoms with van der Waals surface area (Å²) in [6, 6.07) is 0. The summed E-state index contributed by atoms with van der Waals surface area (Å²) in [7, 11) is 1.98. The van der Waals surface area contributed by atoms with Crippen molar-refractivity contribution in [3.63, 3.8) is 0 Å². The molecule has 0 bridgehead atoms.